The van der Waals surface area contributed by atoms with Gasteiger partial charge in [0.1, 0.15) is 11.4 Å². The summed E-state index contributed by atoms with van der Waals surface area (Å²) < 4.78 is 39.9. The first-order valence-corrected chi connectivity index (χ1v) is 10.4. The van der Waals surface area contributed by atoms with Crippen LogP contribution in [0.4, 0.5) is 10.1 Å². The number of nitrogens with zero attached hydrogens (tertiary/aromatic N) is 3. The molecule has 0 N–H and O–H groups in total. The van der Waals surface area contributed by atoms with E-state index in [1.807, 2.05) is 0 Å². The molecule has 0 bridgehead atoms. The number of halogens is 1. The van der Waals surface area contributed by atoms with E-state index >= 15 is 0 Å². The summed E-state index contributed by atoms with van der Waals surface area (Å²) in [7, 11) is -3.82. The summed E-state index contributed by atoms with van der Waals surface area (Å²) in [5.41, 5.74) is 0.138. The monoisotopic (exact) mass is 421 g/mol. The van der Waals surface area contributed by atoms with Crippen molar-refractivity contribution in [3.8, 4) is 0 Å². The van der Waals surface area contributed by atoms with Crippen LogP contribution in [0.2, 0.25) is 0 Å². The zero-order valence-corrected chi connectivity index (χ0v) is 16.6. The van der Waals surface area contributed by atoms with Crippen molar-refractivity contribution in [2.24, 2.45) is 0 Å². The molecule has 1 aliphatic rings. The summed E-state index contributed by atoms with van der Waals surface area (Å²) in [6.45, 7) is 2.18. The molecule has 0 spiro atoms. The third-order valence-corrected chi connectivity index (χ3v) is 6.76. The highest BCUT2D eigenvalue weighted by Crippen LogP contribution is 2.25. The molecule has 1 fully saturated rings. The van der Waals surface area contributed by atoms with Crippen molar-refractivity contribution >= 4 is 21.6 Å². The maximum Gasteiger partial charge on any atom is 0.285 e. The van der Waals surface area contributed by atoms with Crippen LogP contribution >= 0.6 is 0 Å². The van der Waals surface area contributed by atoms with Gasteiger partial charge in [-0.2, -0.15) is 4.31 Å². The second-order valence-electron chi connectivity index (χ2n) is 6.73. The molecule has 1 aliphatic heterocycles. The van der Waals surface area contributed by atoms with Crippen molar-refractivity contribution in [3.63, 3.8) is 0 Å². The predicted octanol–water partition coefficient (Wildman–Crippen LogP) is 2.58. The number of benzene rings is 2. The fraction of sp³-hybridized carbons (Fsp3) is 0.316. The van der Waals surface area contributed by atoms with Gasteiger partial charge in [-0.1, -0.05) is 12.1 Å². The van der Waals surface area contributed by atoms with Crippen LogP contribution < -0.4 is 0 Å². The van der Waals surface area contributed by atoms with Gasteiger partial charge in [-0.3, -0.25) is 14.9 Å². The largest absolute Gasteiger partial charge is 0.337 e. The minimum Gasteiger partial charge on any atom is -0.337 e. The Balaban J connectivity index is 1.80. The lowest BCUT2D eigenvalue weighted by atomic mass is 10.1. The van der Waals surface area contributed by atoms with E-state index in [0.29, 0.717) is 12.0 Å². The SMILES string of the molecule is Cc1cccc(C(=O)N2CCCN(S(=O)(=O)c3ccc(F)cc3)CC2)c1[N+](=O)[O-]. The van der Waals surface area contributed by atoms with Gasteiger partial charge >= 0.3 is 0 Å². The minimum atomic E-state index is -3.82. The van der Waals surface area contributed by atoms with Crippen molar-refractivity contribution in [1.82, 2.24) is 9.21 Å². The standard InChI is InChI=1S/C19H20FN3O5S/c1-14-4-2-5-17(18(14)23(25)26)19(24)21-10-3-11-22(13-12-21)29(27,28)16-8-6-15(20)7-9-16/h2,4-9H,3,10-13H2,1H3. The predicted molar refractivity (Wildman–Crippen MR) is 104 cm³/mol. The molecule has 2 aromatic rings. The van der Waals surface area contributed by atoms with E-state index in [0.717, 1.165) is 12.1 Å². The average Bonchev–Trinajstić information content (AvgIpc) is 2.94. The highest BCUT2D eigenvalue weighted by atomic mass is 32.2. The first kappa shape index (κ1) is 20.9. The van der Waals surface area contributed by atoms with Gasteiger partial charge in [0.15, 0.2) is 0 Å². The molecule has 10 heteroatoms. The maximum atomic E-state index is 13.1. The van der Waals surface area contributed by atoms with Gasteiger partial charge in [0, 0.05) is 31.7 Å². The Morgan fingerprint density at radius 1 is 1.07 bits per heavy atom. The Morgan fingerprint density at radius 3 is 2.41 bits per heavy atom. The number of nitro groups is 1. The van der Waals surface area contributed by atoms with Gasteiger partial charge in [-0.15, -0.1) is 0 Å². The number of amides is 1. The normalized spacial score (nSPS) is 15.7. The summed E-state index contributed by atoms with van der Waals surface area (Å²) in [5, 5.41) is 11.4. The zero-order valence-electron chi connectivity index (χ0n) is 15.7. The van der Waals surface area contributed by atoms with Gasteiger partial charge in [-0.05, 0) is 43.7 Å². The fourth-order valence-corrected chi connectivity index (χ4v) is 4.81. The molecular formula is C19H20FN3O5S. The summed E-state index contributed by atoms with van der Waals surface area (Å²) in [6, 6.07) is 9.12. The van der Waals surface area contributed by atoms with Gasteiger partial charge in [-0.25, -0.2) is 12.8 Å². The molecule has 1 amide bonds. The van der Waals surface area contributed by atoms with Crippen LogP contribution in [0.5, 0.6) is 0 Å². The van der Waals surface area contributed by atoms with Crippen LogP contribution in [-0.4, -0.2) is 54.6 Å². The Bertz CT molecular complexity index is 1040. The zero-order chi connectivity index (χ0) is 21.2. The minimum absolute atomic E-state index is 0.00941. The highest BCUT2D eigenvalue weighted by molar-refractivity contribution is 7.89. The van der Waals surface area contributed by atoms with Crippen molar-refractivity contribution in [3.05, 3.63) is 69.5 Å². The van der Waals surface area contributed by atoms with E-state index < -0.39 is 26.7 Å². The van der Waals surface area contributed by atoms with E-state index in [-0.39, 0.29) is 42.3 Å². The molecule has 3 rings (SSSR count). The Morgan fingerprint density at radius 2 is 1.76 bits per heavy atom. The molecule has 2 aromatic carbocycles. The molecular weight excluding hydrogens is 401 g/mol. The number of carbonyl (C=O) groups is 1. The molecule has 154 valence electrons. The van der Waals surface area contributed by atoms with Crippen molar-refractivity contribution in [1.29, 1.82) is 0 Å². The van der Waals surface area contributed by atoms with E-state index in [4.69, 9.17) is 0 Å². The number of nitro benzene ring substituents is 1. The first-order chi connectivity index (χ1) is 13.7. The smallest absolute Gasteiger partial charge is 0.285 e. The number of hydrogen-bond donors (Lipinski definition) is 0. The number of carbonyl (C=O) groups excluding carboxylic acids is 1. The van der Waals surface area contributed by atoms with Crippen LogP contribution in [-0.2, 0) is 10.0 Å². The third-order valence-electron chi connectivity index (χ3n) is 4.84. The van der Waals surface area contributed by atoms with E-state index in [1.165, 1.54) is 27.4 Å². The second kappa shape index (κ2) is 8.26. The topological polar surface area (TPSA) is 101 Å². The van der Waals surface area contributed by atoms with Gasteiger partial charge < -0.3 is 4.90 Å². The Hall–Kier alpha value is -2.85. The molecule has 0 atom stereocenters. The molecule has 0 unspecified atom stereocenters. The van der Waals surface area contributed by atoms with Crippen molar-refractivity contribution in [2.75, 3.05) is 26.2 Å². The average molecular weight is 421 g/mol. The molecule has 8 nitrogen and oxygen atoms in total. The lowest BCUT2D eigenvalue weighted by Crippen LogP contribution is -2.37. The van der Waals surface area contributed by atoms with Gasteiger partial charge in [0.2, 0.25) is 10.0 Å². The second-order valence-corrected chi connectivity index (χ2v) is 8.67. The fourth-order valence-electron chi connectivity index (χ4n) is 3.34. The third kappa shape index (κ3) is 4.28. The van der Waals surface area contributed by atoms with E-state index in [2.05, 4.69) is 0 Å². The molecule has 0 aromatic heterocycles. The summed E-state index contributed by atoms with van der Waals surface area (Å²) >= 11 is 0. The Kier molecular flexibility index (Phi) is 5.94. The lowest BCUT2D eigenvalue weighted by molar-refractivity contribution is -0.385. The van der Waals surface area contributed by atoms with E-state index in [9.17, 15) is 27.7 Å². The summed E-state index contributed by atoms with van der Waals surface area (Å²) in [5.74, 6) is -1.03. The van der Waals surface area contributed by atoms with Crippen LogP contribution in [0.15, 0.2) is 47.4 Å². The molecule has 0 radical (unpaired) electrons. The number of aryl methyl sites for hydroxylation is 1. The number of para-hydroxylation sites is 1. The van der Waals surface area contributed by atoms with Crippen LogP contribution in [0.3, 0.4) is 0 Å². The summed E-state index contributed by atoms with van der Waals surface area (Å²) in [4.78, 5) is 25.1. The molecule has 0 saturated carbocycles. The van der Waals surface area contributed by atoms with Crippen LogP contribution in [0.1, 0.15) is 22.3 Å². The summed E-state index contributed by atoms with van der Waals surface area (Å²) in [6.07, 6.45) is 0.381. The highest BCUT2D eigenvalue weighted by Gasteiger charge is 2.31. The van der Waals surface area contributed by atoms with Crippen LogP contribution in [0, 0.1) is 22.9 Å². The van der Waals surface area contributed by atoms with Gasteiger partial charge in [0.05, 0.1) is 9.82 Å². The molecule has 0 aliphatic carbocycles. The number of sulfonamides is 1. The van der Waals surface area contributed by atoms with Crippen molar-refractivity contribution in [2.45, 2.75) is 18.2 Å². The van der Waals surface area contributed by atoms with Crippen LogP contribution in [0.25, 0.3) is 0 Å². The van der Waals surface area contributed by atoms with E-state index in [1.54, 1.807) is 19.1 Å². The molecule has 29 heavy (non-hydrogen) atoms. The van der Waals surface area contributed by atoms with Gasteiger partial charge in [0.25, 0.3) is 11.6 Å². The number of hydrogen-bond acceptors (Lipinski definition) is 5. The maximum absolute atomic E-state index is 13.1. The first-order valence-electron chi connectivity index (χ1n) is 9.01. The lowest BCUT2D eigenvalue weighted by Gasteiger charge is -2.22. The Labute approximate surface area is 167 Å². The number of rotatable bonds is 4. The molecule has 1 saturated heterocycles. The van der Waals surface area contributed by atoms with Crippen molar-refractivity contribution < 1.29 is 22.5 Å². The molecule has 1 heterocycles. The quantitative estimate of drug-likeness (QED) is 0.558.